The second-order valence-corrected chi connectivity index (χ2v) is 5.84. The van der Waals surface area contributed by atoms with Crippen molar-refractivity contribution >= 4 is 5.91 Å². The Bertz CT molecular complexity index is 475. The molecule has 1 spiro atoms. The summed E-state index contributed by atoms with van der Waals surface area (Å²) in [6.45, 7) is 4.02. The lowest BCUT2D eigenvalue weighted by atomic mass is 9.91. The molecule has 2 saturated heterocycles. The number of amides is 1. The molecule has 3 rings (SSSR count). The zero-order chi connectivity index (χ0) is 14.0. The fourth-order valence-electron chi connectivity index (χ4n) is 3.26. The summed E-state index contributed by atoms with van der Waals surface area (Å²) >= 11 is 0. The van der Waals surface area contributed by atoms with Crippen LogP contribution < -0.4 is 0 Å². The summed E-state index contributed by atoms with van der Waals surface area (Å²) < 4.78 is 6.05. The third-order valence-electron chi connectivity index (χ3n) is 4.19. The van der Waals surface area contributed by atoms with Crippen molar-refractivity contribution in [3.63, 3.8) is 0 Å². The molecule has 1 aromatic rings. The maximum absolute atomic E-state index is 12.5. The van der Waals surface area contributed by atoms with Gasteiger partial charge in [-0.3, -0.25) is 9.78 Å². The van der Waals surface area contributed by atoms with E-state index in [1.807, 2.05) is 4.90 Å². The molecule has 0 N–H and O–H groups in total. The van der Waals surface area contributed by atoms with E-state index in [9.17, 15) is 4.79 Å². The number of carbonyl (C=O) groups excluding carboxylic acids is 1. The molecule has 108 valence electrons. The first-order valence-corrected chi connectivity index (χ1v) is 7.20. The number of likely N-dealkylation sites (tertiary alicyclic amines) is 1. The van der Waals surface area contributed by atoms with Gasteiger partial charge in [0.2, 0.25) is 0 Å². The molecule has 0 radical (unpaired) electrons. The Morgan fingerprint density at radius 3 is 2.85 bits per heavy atom. The van der Waals surface area contributed by atoms with Crippen molar-refractivity contribution < 1.29 is 9.53 Å². The average Bonchev–Trinajstić information content (AvgIpc) is 2.47. The summed E-state index contributed by atoms with van der Waals surface area (Å²) in [5.74, 6) is 0.0864. The predicted octanol–water partition coefficient (Wildman–Crippen LogP) is 1.02. The van der Waals surface area contributed by atoms with Crippen molar-refractivity contribution in [1.82, 2.24) is 14.8 Å². The Kier molecular flexibility index (Phi) is 3.72. The standard InChI is InChI=1S/C15H21N3O2/c1-17-8-2-5-15(11-17)12-18(9-10-20-15)14(19)13-3-6-16-7-4-13/h3-4,6-7H,2,5,8-12H2,1H3/t15-/m1/s1. The molecule has 1 aromatic heterocycles. The highest BCUT2D eigenvalue weighted by atomic mass is 16.5. The molecule has 0 aliphatic carbocycles. The molecular weight excluding hydrogens is 254 g/mol. The first kappa shape index (κ1) is 13.5. The fraction of sp³-hybridized carbons (Fsp3) is 0.600. The number of hydrogen-bond donors (Lipinski definition) is 0. The lowest BCUT2D eigenvalue weighted by molar-refractivity contribution is -0.128. The van der Waals surface area contributed by atoms with E-state index in [2.05, 4.69) is 16.9 Å². The van der Waals surface area contributed by atoms with Gasteiger partial charge < -0.3 is 14.5 Å². The lowest BCUT2D eigenvalue weighted by Gasteiger charge is -2.47. The Balaban J connectivity index is 1.73. The van der Waals surface area contributed by atoms with E-state index in [0.717, 1.165) is 25.9 Å². The summed E-state index contributed by atoms with van der Waals surface area (Å²) in [6, 6.07) is 3.55. The summed E-state index contributed by atoms with van der Waals surface area (Å²) in [6.07, 6.45) is 5.50. The highest BCUT2D eigenvalue weighted by Crippen LogP contribution is 2.28. The van der Waals surface area contributed by atoms with Crippen LogP contribution >= 0.6 is 0 Å². The van der Waals surface area contributed by atoms with E-state index in [-0.39, 0.29) is 11.5 Å². The molecule has 20 heavy (non-hydrogen) atoms. The molecule has 0 unspecified atom stereocenters. The number of carbonyl (C=O) groups is 1. The van der Waals surface area contributed by atoms with Crippen molar-refractivity contribution in [3.05, 3.63) is 30.1 Å². The van der Waals surface area contributed by atoms with Crippen LogP contribution in [0.25, 0.3) is 0 Å². The van der Waals surface area contributed by atoms with Gasteiger partial charge in [0.05, 0.1) is 18.8 Å². The van der Waals surface area contributed by atoms with Crippen molar-refractivity contribution in [3.8, 4) is 0 Å². The van der Waals surface area contributed by atoms with Gasteiger partial charge in [0.1, 0.15) is 0 Å². The van der Waals surface area contributed by atoms with E-state index in [1.54, 1.807) is 24.5 Å². The SMILES string of the molecule is CN1CCC[C@@]2(C1)CN(C(=O)c1ccncc1)CCO2. The highest BCUT2D eigenvalue weighted by molar-refractivity contribution is 5.94. The minimum Gasteiger partial charge on any atom is -0.370 e. The maximum Gasteiger partial charge on any atom is 0.254 e. The zero-order valence-corrected chi connectivity index (χ0v) is 11.9. The number of likely N-dealkylation sites (N-methyl/N-ethyl adjacent to an activating group) is 1. The van der Waals surface area contributed by atoms with E-state index in [1.165, 1.54) is 0 Å². The van der Waals surface area contributed by atoms with Gasteiger partial charge in [-0.25, -0.2) is 0 Å². The molecule has 2 aliphatic heterocycles. The van der Waals surface area contributed by atoms with Crippen LogP contribution in [0.3, 0.4) is 0 Å². The topological polar surface area (TPSA) is 45.7 Å². The van der Waals surface area contributed by atoms with Crippen molar-refractivity contribution in [2.45, 2.75) is 18.4 Å². The third-order valence-corrected chi connectivity index (χ3v) is 4.19. The van der Waals surface area contributed by atoms with Crippen LogP contribution in [0.2, 0.25) is 0 Å². The third kappa shape index (κ3) is 2.69. The van der Waals surface area contributed by atoms with E-state index in [0.29, 0.717) is 25.3 Å². The fourth-order valence-corrected chi connectivity index (χ4v) is 3.26. The number of piperidine rings is 1. The van der Waals surface area contributed by atoms with Gasteiger partial charge in [0, 0.05) is 31.0 Å². The van der Waals surface area contributed by atoms with E-state index in [4.69, 9.17) is 4.74 Å². The number of aromatic nitrogens is 1. The van der Waals surface area contributed by atoms with Gasteiger partial charge in [-0.1, -0.05) is 0 Å². The molecule has 5 nitrogen and oxygen atoms in total. The van der Waals surface area contributed by atoms with Crippen LogP contribution in [-0.2, 0) is 4.74 Å². The maximum atomic E-state index is 12.5. The van der Waals surface area contributed by atoms with Crippen molar-refractivity contribution in [2.75, 3.05) is 39.8 Å². The van der Waals surface area contributed by atoms with E-state index >= 15 is 0 Å². The number of pyridine rings is 1. The molecule has 0 aromatic carbocycles. The molecule has 1 atom stereocenters. The molecule has 0 bridgehead atoms. The van der Waals surface area contributed by atoms with Gasteiger partial charge in [0.15, 0.2) is 0 Å². The minimum absolute atomic E-state index is 0.0864. The predicted molar refractivity (Wildman–Crippen MR) is 75.6 cm³/mol. The summed E-state index contributed by atoms with van der Waals surface area (Å²) in [5, 5.41) is 0. The summed E-state index contributed by atoms with van der Waals surface area (Å²) in [4.78, 5) is 20.7. The smallest absolute Gasteiger partial charge is 0.254 e. The Morgan fingerprint density at radius 2 is 2.10 bits per heavy atom. The van der Waals surface area contributed by atoms with Crippen LogP contribution in [0, 0.1) is 0 Å². The minimum atomic E-state index is -0.173. The highest BCUT2D eigenvalue weighted by Gasteiger charge is 2.41. The molecule has 3 heterocycles. The normalized spacial score (nSPS) is 27.8. The van der Waals surface area contributed by atoms with Crippen molar-refractivity contribution in [1.29, 1.82) is 0 Å². The summed E-state index contributed by atoms with van der Waals surface area (Å²) in [7, 11) is 2.12. The Morgan fingerprint density at radius 1 is 1.30 bits per heavy atom. The molecule has 5 heteroatoms. The molecule has 1 amide bonds. The van der Waals surface area contributed by atoms with Crippen LogP contribution in [-0.4, -0.2) is 66.1 Å². The van der Waals surface area contributed by atoms with Crippen LogP contribution in [0.15, 0.2) is 24.5 Å². The molecule has 0 saturated carbocycles. The molecule has 2 aliphatic rings. The number of hydrogen-bond acceptors (Lipinski definition) is 4. The monoisotopic (exact) mass is 275 g/mol. The molecular formula is C15H21N3O2. The lowest BCUT2D eigenvalue weighted by Crippen LogP contribution is -2.60. The zero-order valence-electron chi connectivity index (χ0n) is 11.9. The number of morpholine rings is 1. The molecule has 2 fully saturated rings. The van der Waals surface area contributed by atoms with Gasteiger partial charge in [0.25, 0.3) is 5.91 Å². The van der Waals surface area contributed by atoms with Gasteiger partial charge in [-0.2, -0.15) is 0 Å². The number of ether oxygens (including phenoxy) is 1. The first-order valence-electron chi connectivity index (χ1n) is 7.20. The average molecular weight is 275 g/mol. The van der Waals surface area contributed by atoms with Gasteiger partial charge >= 0.3 is 0 Å². The van der Waals surface area contributed by atoms with Crippen LogP contribution in [0.1, 0.15) is 23.2 Å². The summed E-state index contributed by atoms with van der Waals surface area (Å²) in [5.41, 5.74) is 0.537. The van der Waals surface area contributed by atoms with Gasteiger partial charge in [-0.05, 0) is 38.6 Å². The second-order valence-electron chi connectivity index (χ2n) is 5.84. The quantitative estimate of drug-likeness (QED) is 0.767. The van der Waals surface area contributed by atoms with Gasteiger partial charge in [-0.15, -0.1) is 0 Å². The van der Waals surface area contributed by atoms with E-state index < -0.39 is 0 Å². The largest absolute Gasteiger partial charge is 0.370 e. The Hall–Kier alpha value is -1.46. The van der Waals surface area contributed by atoms with Crippen molar-refractivity contribution in [2.24, 2.45) is 0 Å². The first-order chi connectivity index (χ1) is 9.69. The second kappa shape index (κ2) is 5.50. The van der Waals surface area contributed by atoms with Crippen LogP contribution in [0.4, 0.5) is 0 Å². The Labute approximate surface area is 119 Å². The number of rotatable bonds is 1. The number of nitrogens with zero attached hydrogens (tertiary/aromatic N) is 3. The van der Waals surface area contributed by atoms with Crippen LogP contribution in [0.5, 0.6) is 0 Å².